The van der Waals surface area contributed by atoms with Gasteiger partial charge in [0.25, 0.3) is 0 Å². The van der Waals surface area contributed by atoms with Crippen LogP contribution in [0.5, 0.6) is 0 Å². The first-order valence-electron chi connectivity index (χ1n) is 12.2. The number of hydrogen-bond acceptors (Lipinski definition) is 3. The van der Waals surface area contributed by atoms with Crippen molar-refractivity contribution in [3.05, 3.63) is 76.4 Å². The first-order chi connectivity index (χ1) is 16.4. The number of aliphatic imine (C=N–C) groups is 1. The third kappa shape index (κ3) is 6.95. The normalized spacial score (nSPS) is 17.3. The number of allylic oxidation sites excluding steroid dienone is 1. The molecule has 1 heterocycles. The number of rotatable bonds is 9. The SMILES string of the molecule is C/C=C(\N=C(/OC)C1CCCN1)c1ccc(CCc2ccc(CCCC)cc2)c(C(F)(F)F)c1. The van der Waals surface area contributed by atoms with Gasteiger partial charge in [-0.2, -0.15) is 13.2 Å². The number of alkyl halides is 3. The van der Waals surface area contributed by atoms with E-state index >= 15 is 0 Å². The highest BCUT2D eigenvalue weighted by Gasteiger charge is 2.33. The van der Waals surface area contributed by atoms with E-state index in [9.17, 15) is 13.2 Å². The van der Waals surface area contributed by atoms with Crippen molar-refractivity contribution in [3.63, 3.8) is 0 Å². The van der Waals surface area contributed by atoms with Crippen LogP contribution in [0.1, 0.15) is 67.3 Å². The standard InChI is InChI=1S/C28H35F3N2O/c1-4-6-8-20-10-12-21(13-11-20)14-15-22-16-17-23(19-24(22)28(29,30)31)25(5-2)33-27(34-3)26-9-7-18-32-26/h5,10-13,16-17,19,26,32H,4,6-9,14-15,18H2,1-3H3/b25-5-,33-27-. The van der Waals surface area contributed by atoms with Crippen LogP contribution >= 0.6 is 0 Å². The molecule has 3 nitrogen and oxygen atoms in total. The third-order valence-corrected chi connectivity index (χ3v) is 6.31. The predicted octanol–water partition coefficient (Wildman–Crippen LogP) is 6.99. The minimum atomic E-state index is -4.44. The van der Waals surface area contributed by atoms with Crippen molar-refractivity contribution >= 4 is 11.6 Å². The molecule has 0 saturated carbocycles. The first kappa shape index (κ1) is 26.0. The zero-order valence-corrected chi connectivity index (χ0v) is 20.3. The number of benzene rings is 2. The van der Waals surface area contributed by atoms with Gasteiger partial charge in [0.2, 0.25) is 5.90 Å². The molecule has 1 N–H and O–H groups in total. The molecule has 0 aliphatic carbocycles. The lowest BCUT2D eigenvalue weighted by molar-refractivity contribution is -0.138. The van der Waals surface area contributed by atoms with Crippen molar-refractivity contribution < 1.29 is 17.9 Å². The van der Waals surface area contributed by atoms with Crippen molar-refractivity contribution in [2.24, 2.45) is 4.99 Å². The van der Waals surface area contributed by atoms with E-state index < -0.39 is 11.7 Å². The molecule has 1 aliphatic heterocycles. The van der Waals surface area contributed by atoms with Crippen LogP contribution in [0.3, 0.4) is 0 Å². The Morgan fingerprint density at radius 1 is 1.09 bits per heavy atom. The Morgan fingerprint density at radius 3 is 2.35 bits per heavy atom. The quantitative estimate of drug-likeness (QED) is 0.315. The van der Waals surface area contributed by atoms with Crippen molar-refractivity contribution in [3.8, 4) is 0 Å². The summed E-state index contributed by atoms with van der Waals surface area (Å²) in [7, 11) is 1.55. The van der Waals surface area contributed by atoms with Gasteiger partial charge in [0.15, 0.2) is 0 Å². The Morgan fingerprint density at radius 2 is 1.79 bits per heavy atom. The highest BCUT2D eigenvalue weighted by atomic mass is 19.4. The number of nitrogens with one attached hydrogen (secondary N) is 1. The van der Waals surface area contributed by atoms with Gasteiger partial charge in [0, 0.05) is 5.56 Å². The van der Waals surface area contributed by atoms with Gasteiger partial charge in [-0.05, 0) is 74.8 Å². The highest BCUT2D eigenvalue weighted by molar-refractivity contribution is 5.88. The lowest BCUT2D eigenvalue weighted by Crippen LogP contribution is -2.32. The molecule has 184 valence electrons. The Kier molecular flexibility index (Phi) is 9.34. The maximum Gasteiger partial charge on any atom is 0.416 e. The van der Waals surface area contributed by atoms with Crippen LogP contribution in [0, 0.1) is 0 Å². The van der Waals surface area contributed by atoms with Gasteiger partial charge in [-0.3, -0.25) is 0 Å². The van der Waals surface area contributed by atoms with Gasteiger partial charge in [-0.1, -0.05) is 55.8 Å². The molecule has 34 heavy (non-hydrogen) atoms. The monoisotopic (exact) mass is 472 g/mol. The van der Waals surface area contributed by atoms with E-state index in [2.05, 4.69) is 29.4 Å². The smallest absolute Gasteiger partial charge is 0.416 e. The average molecular weight is 473 g/mol. The van der Waals surface area contributed by atoms with Gasteiger partial charge >= 0.3 is 6.18 Å². The van der Waals surface area contributed by atoms with E-state index in [0.29, 0.717) is 35.6 Å². The maximum absolute atomic E-state index is 14.0. The minimum absolute atomic E-state index is 0.00493. The largest absolute Gasteiger partial charge is 0.483 e. The van der Waals surface area contributed by atoms with Crippen molar-refractivity contribution in [1.29, 1.82) is 0 Å². The number of methoxy groups -OCH3 is 1. The summed E-state index contributed by atoms with van der Waals surface area (Å²) in [4.78, 5) is 4.57. The molecule has 0 amide bonds. The van der Waals surface area contributed by atoms with Gasteiger partial charge in [-0.15, -0.1) is 0 Å². The van der Waals surface area contributed by atoms with E-state index in [1.165, 1.54) is 11.6 Å². The van der Waals surface area contributed by atoms with E-state index in [-0.39, 0.29) is 6.04 Å². The summed E-state index contributed by atoms with van der Waals surface area (Å²) in [5.41, 5.74) is 2.93. The molecule has 2 aromatic carbocycles. The highest BCUT2D eigenvalue weighted by Crippen LogP contribution is 2.35. The fourth-order valence-electron chi connectivity index (χ4n) is 4.33. The van der Waals surface area contributed by atoms with E-state index in [4.69, 9.17) is 4.74 Å². The Bertz CT molecular complexity index is 988. The molecule has 6 heteroatoms. The van der Waals surface area contributed by atoms with Gasteiger partial charge in [0.05, 0.1) is 24.4 Å². The molecule has 0 spiro atoms. The molecular weight excluding hydrogens is 437 g/mol. The zero-order chi connectivity index (χ0) is 24.6. The molecule has 1 fully saturated rings. The molecule has 1 unspecified atom stereocenters. The number of ether oxygens (including phenoxy) is 1. The first-order valence-corrected chi connectivity index (χ1v) is 12.2. The van der Waals surface area contributed by atoms with Gasteiger partial charge in [-0.25, -0.2) is 4.99 Å². The third-order valence-electron chi connectivity index (χ3n) is 6.31. The zero-order valence-electron chi connectivity index (χ0n) is 20.3. The van der Waals surface area contributed by atoms with Crippen molar-refractivity contribution in [1.82, 2.24) is 5.32 Å². The van der Waals surface area contributed by atoms with E-state index in [0.717, 1.165) is 44.2 Å². The van der Waals surface area contributed by atoms with E-state index in [1.807, 2.05) is 12.1 Å². The summed E-state index contributed by atoms with van der Waals surface area (Å²) in [6.45, 7) is 4.82. The molecule has 1 saturated heterocycles. The van der Waals surface area contributed by atoms with Crippen molar-refractivity contribution in [2.75, 3.05) is 13.7 Å². The minimum Gasteiger partial charge on any atom is -0.483 e. The summed E-state index contributed by atoms with van der Waals surface area (Å²) >= 11 is 0. The molecular formula is C28H35F3N2O. The summed E-state index contributed by atoms with van der Waals surface area (Å²) in [6, 6.07) is 12.8. The fraction of sp³-hybridized carbons (Fsp3) is 0.464. The van der Waals surface area contributed by atoms with Crippen LogP contribution < -0.4 is 5.32 Å². The number of unbranched alkanes of at least 4 members (excludes halogenated alkanes) is 1. The lowest BCUT2D eigenvalue weighted by atomic mass is 9.96. The molecule has 0 aromatic heterocycles. The number of halogens is 3. The van der Waals surface area contributed by atoms with E-state index in [1.54, 1.807) is 32.2 Å². The molecule has 1 atom stereocenters. The van der Waals surface area contributed by atoms with Crippen LogP contribution in [0.2, 0.25) is 0 Å². The summed E-state index contributed by atoms with van der Waals surface area (Å²) in [5.74, 6) is 0.505. The Labute approximate surface area is 201 Å². The van der Waals surface area contributed by atoms with Gasteiger partial charge in [0.1, 0.15) is 0 Å². The maximum atomic E-state index is 14.0. The molecule has 1 aliphatic rings. The van der Waals surface area contributed by atoms with Crippen LogP contribution in [0.15, 0.2) is 53.5 Å². The summed E-state index contributed by atoms with van der Waals surface area (Å²) in [5, 5.41) is 3.32. The predicted molar refractivity (Wildman–Crippen MR) is 133 cm³/mol. The van der Waals surface area contributed by atoms with Crippen molar-refractivity contribution in [2.45, 2.75) is 71.0 Å². The lowest BCUT2D eigenvalue weighted by Gasteiger charge is -2.17. The second-order valence-electron chi connectivity index (χ2n) is 8.77. The number of nitrogens with zero attached hydrogens (tertiary/aromatic N) is 1. The van der Waals surface area contributed by atoms with Crippen LogP contribution in [0.4, 0.5) is 13.2 Å². The molecule has 0 radical (unpaired) electrons. The Hall–Kier alpha value is -2.60. The summed E-state index contributed by atoms with van der Waals surface area (Å²) in [6.07, 6.45) is 3.42. The second-order valence-corrected chi connectivity index (χ2v) is 8.77. The number of hydrogen-bond donors (Lipinski definition) is 1. The van der Waals surface area contributed by atoms with Crippen LogP contribution in [0.25, 0.3) is 5.70 Å². The van der Waals surface area contributed by atoms with Crippen LogP contribution in [-0.4, -0.2) is 25.6 Å². The second kappa shape index (κ2) is 12.2. The summed E-state index contributed by atoms with van der Waals surface area (Å²) < 4.78 is 47.4. The molecule has 2 aromatic rings. The van der Waals surface area contributed by atoms with Gasteiger partial charge < -0.3 is 10.1 Å². The average Bonchev–Trinajstić information content (AvgIpc) is 3.37. The molecule has 0 bridgehead atoms. The Balaban J connectivity index is 1.80. The molecule has 3 rings (SSSR count). The van der Waals surface area contributed by atoms with Crippen LogP contribution in [-0.2, 0) is 30.2 Å². The fourth-order valence-corrected chi connectivity index (χ4v) is 4.33. The number of aryl methyl sites for hydroxylation is 3. The topological polar surface area (TPSA) is 33.6 Å².